The highest BCUT2D eigenvalue weighted by Gasteiger charge is 2.32. The number of rotatable bonds is 5. The average Bonchev–Trinajstić information content (AvgIpc) is 3.11. The van der Waals surface area contributed by atoms with E-state index < -0.39 is 10.0 Å². The average molecular weight is 348 g/mol. The fraction of sp³-hybridized carbons (Fsp3) is 0.375. The SMILES string of the molecule is C[C@H]1Cc2cc(C(=O)NCCn3ccnc3)ccc2N1S(C)(=O)=O. The summed E-state index contributed by atoms with van der Waals surface area (Å²) in [6.45, 7) is 3.01. The molecule has 1 aromatic carbocycles. The van der Waals surface area contributed by atoms with Crippen LogP contribution in [-0.4, -0.2) is 42.7 Å². The number of fused-ring (bicyclic) bond motifs is 1. The normalized spacial score (nSPS) is 16.9. The number of hydrogen-bond donors (Lipinski definition) is 1. The molecule has 0 unspecified atom stereocenters. The maximum Gasteiger partial charge on any atom is 0.251 e. The Balaban J connectivity index is 1.70. The van der Waals surface area contributed by atoms with Crippen LogP contribution in [0.2, 0.25) is 0 Å². The summed E-state index contributed by atoms with van der Waals surface area (Å²) in [5.41, 5.74) is 2.09. The van der Waals surface area contributed by atoms with Crippen LogP contribution in [0.25, 0.3) is 0 Å². The minimum absolute atomic E-state index is 0.130. The largest absolute Gasteiger partial charge is 0.350 e. The fourth-order valence-corrected chi connectivity index (χ4v) is 4.33. The van der Waals surface area contributed by atoms with Gasteiger partial charge in [-0.15, -0.1) is 0 Å². The van der Waals surface area contributed by atoms with Crippen LogP contribution in [0.1, 0.15) is 22.8 Å². The van der Waals surface area contributed by atoms with Crippen molar-refractivity contribution in [2.24, 2.45) is 0 Å². The van der Waals surface area contributed by atoms with Gasteiger partial charge in [0.1, 0.15) is 0 Å². The van der Waals surface area contributed by atoms with Crippen LogP contribution in [0, 0.1) is 0 Å². The van der Waals surface area contributed by atoms with Crippen LogP contribution in [0.5, 0.6) is 0 Å². The van der Waals surface area contributed by atoms with Crippen molar-refractivity contribution in [2.75, 3.05) is 17.1 Å². The fourth-order valence-electron chi connectivity index (χ4n) is 3.07. The second-order valence-electron chi connectivity index (χ2n) is 6.01. The van der Waals surface area contributed by atoms with Crippen LogP contribution in [0.15, 0.2) is 36.9 Å². The third kappa shape index (κ3) is 3.28. The molecule has 1 aliphatic rings. The molecular formula is C16H20N4O3S. The van der Waals surface area contributed by atoms with Gasteiger partial charge in [-0.3, -0.25) is 9.10 Å². The smallest absolute Gasteiger partial charge is 0.251 e. The van der Waals surface area contributed by atoms with E-state index >= 15 is 0 Å². The predicted molar refractivity (Wildman–Crippen MR) is 91.5 cm³/mol. The molecule has 0 radical (unpaired) electrons. The topological polar surface area (TPSA) is 84.3 Å². The number of nitrogens with one attached hydrogen (secondary N) is 1. The van der Waals surface area contributed by atoms with E-state index in [9.17, 15) is 13.2 Å². The molecule has 2 heterocycles. The van der Waals surface area contributed by atoms with Gasteiger partial charge in [-0.05, 0) is 37.1 Å². The Morgan fingerprint density at radius 1 is 1.42 bits per heavy atom. The summed E-state index contributed by atoms with van der Waals surface area (Å²) in [7, 11) is -3.31. The highest BCUT2D eigenvalue weighted by molar-refractivity contribution is 7.92. The summed E-state index contributed by atoms with van der Waals surface area (Å²) in [5, 5.41) is 2.86. The van der Waals surface area contributed by atoms with E-state index in [1.54, 1.807) is 30.7 Å². The van der Waals surface area contributed by atoms with Gasteiger partial charge < -0.3 is 9.88 Å². The summed E-state index contributed by atoms with van der Waals surface area (Å²) < 4.78 is 27.1. The zero-order chi connectivity index (χ0) is 17.3. The summed E-state index contributed by atoms with van der Waals surface area (Å²) in [6.07, 6.45) is 7.04. The number of carbonyl (C=O) groups is 1. The molecule has 1 aromatic heterocycles. The van der Waals surface area contributed by atoms with E-state index in [1.165, 1.54) is 10.6 Å². The van der Waals surface area contributed by atoms with Crippen molar-refractivity contribution in [1.82, 2.24) is 14.9 Å². The molecule has 24 heavy (non-hydrogen) atoms. The molecular weight excluding hydrogens is 328 g/mol. The molecule has 0 bridgehead atoms. The Labute approximate surface area is 141 Å². The maximum absolute atomic E-state index is 12.3. The van der Waals surface area contributed by atoms with Crippen LogP contribution < -0.4 is 9.62 Å². The van der Waals surface area contributed by atoms with Crippen molar-refractivity contribution in [3.63, 3.8) is 0 Å². The van der Waals surface area contributed by atoms with Crippen molar-refractivity contribution in [3.8, 4) is 0 Å². The van der Waals surface area contributed by atoms with Gasteiger partial charge in [0.25, 0.3) is 5.91 Å². The molecule has 2 aromatic rings. The second-order valence-corrected chi connectivity index (χ2v) is 7.87. The molecule has 0 saturated heterocycles. The molecule has 0 fully saturated rings. The van der Waals surface area contributed by atoms with E-state index in [0.29, 0.717) is 30.8 Å². The highest BCUT2D eigenvalue weighted by Crippen LogP contribution is 2.34. The predicted octanol–water partition coefficient (Wildman–Crippen LogP) is 1.02. The van der Waals surface area contributed by atoms with Gasteiger partial charge in [0.2, 0.25) is 10.0 Å². The van der Waals surface area contributed by atoms with Crippen molar-refractivity contribution in [2.45, 2.75) is 25.9 Å². The molecule has 0 saturated carbocycles. The van der Waals surface area contributed by atoms with E-state index in [-0.39, 0.29) is 11.9 Å². The van der Waals surface area contributed by atoms with E-state index in [4.69, 9.17) is 0 Å². The van der Waals surface area contributed by atoms with Crippen LogP contribution in [0.4, 0.5) is 5.69 Å². The zero-order valence-corrected chi connectivity index (χ0v) is 14.5. The van der Waals surface area contributed by atoms with Gasteiger partial charge in [0, 0.05) is 37.1 Å². The van der Waals surface area contributed by atoms with Crippen molar-refractivity contribution in [3.05, 3.63) is 48.0 Å². The third-order valence-corrected chi connectivity index (χ3v) is 5.34. The number of sulfonamides is 1. The number of amides is 1. The van der Waals surface area contributed by atoms with E-state index in [0.717, 1.165) is 5.56 Å². The Kier molecular flexibility index (Phi) is 4.31. The van der Waals surface area contributed by atoms with E-state index in [1.807, 2.05) is 17.7 Å². The molecule has 7 nitrogen and oxygen atoms in total. The second kappa shape index (κ2) is 6.27. The zero-order valence-electron chi connectivity index (χ0n) is 13.6. The lowest BCUT2D eigenvalue weighted by Crippen LogP contribution is -2.34. The summed E-state index contributed by atoms with van der Waals surface area (Å²) in [6, 6.07) is 5.03. The molecule has 1 aliphatic heterocycles. The van der Waals surface area contributed by atoms with Crippen LogP contribution in [-0.2, 0) is 23.0 Å². The molecule has 1 atom stereocenters. The molecule has 0 aliphatic carbocycles. The number of aromatic nitrogens is 2. The first-order valence-electron chi connectivity index (χ1n) is 7.72. The lowest BCUT2D eigenvalue weighted by Gasteiger charge is -2.21. The van der Waals surface area contributed by atoms with Crippen molar-refractivity contribution >= 4 is 21.6 Å². The van der Waals surface area contributed by atoms with E-state index in [2.05, 4.69) is 10.3 Å². The minimum Gasteiger partial charge on any atom is -0.350 e. The van der Waals surface area contributed by atoms with Gasteiger partial charge >= 0.3 is 0 Å². The number of carbonyl (C=O) groups excluding carboxylic acids is 1. The number of nitrogens with zero attached hydrogens (tertiary/aromatic N) is 3. The Bertz CT molecular complexity index is 846. The molecule has 8 heteroatoms. The van der Waals surface area contributed by atoms with Crippen molar-refractivity contribution < 1.29 is 13.2 Å². The van der Waals surface area contributed by atoms with Gasteiger partial charge in [-0.25, -0.2) is 13.4 Å². The number of hydrogen-bond acceptors (Lipinski definition) is 4. The number of benzene rings is 1. The third-order valence-electron chi connectivity index (χ3n) is 4.07. The molecule has 0 spiro atoms. The Hall–Kier alpha value is -2.35. The first kappa shape index (κ1) is 16.5. The van der Waals surface area contributed by atoms with Crippen LogP contribution >= 0.6 is 0 Å². The standard InChI is InChI=1S/C16H20N4O3S/c1-12-9-14-10-13(3-4-15(14)20(12)24(2,22)23)16(21)18-6-8-19-7-5-17-11-19/h3-5,7,10-12H,6,8-9H2,1-2H3,(H,18,21)/t12-/m0/s1. The summed E-state index contributed by atoms with van der Waals surface area (Å²) in [4.78, 5) is 16.2. The first-order chi connectivity index (χ1) is 11.4. The molecule has 1 N–H and O–H groups in total. The maximum atomic E-state index is 12.3. The quantitative estimate of drug-likeness (QED) is 0.874. The highest BCUT2D eigenvalue weighted by atomic mass is 32.2. The monoisotopic (exact) mass is 348 g/mol. The molecule has 128 valence electrons. The lowest BCUT2D eigenvalue weighted by molar-refractivity contribution is 0.0952. The lowest BCUT2D eigenvalue weighted by atomic mass is 10.1. The summed E-state index contributed by atoms with van der Waals surface area (Å²) >= 11 is 0. The number of anilines is 1. The molecule has 3 rings (SSSR count). The Morgan fingerprint density at radius 3 is 2.88 bits per heavy atom. The van der Waals surface area contributed by atoms with Gasteiger partial charge in [-0.1, -0.05) is 0 Å². The van der Waals surface area contributed by atoms with Gasteiger partial charge in [0.15, 0.2) is 0 Å². The Morgan fingerprint density at radius 2 is 2.21 bits per heavy atom. The van der Waals surface area contributed by atoms with Gasteiger partial charge in [0.05, 0.1) is 18.3 Å². The van der Waals surface area contributed by atoms with Crippen LogP contribution in [0.3, 0.4) is 0 Å². The molecule has 1 amide bonds. The first-order valence-corrected chi connectivity index (χ1v) is 9.57. The van der Waals surface area contributed by atoms with Gasteiger partial charge in [-0.2, -0.15) is 0 Å². The minimum atomic E-state index is -3.31. The van der Waals surface area contributed by atoms with Crippen molar-refractivity contribution in [1.29, 1.82) is 0 Å². The number of imidazole rings is 1. The summed E-state index contributed by atoms with van der Waals surface area (Å²) in [5.74, 6) is -0.164.